The SMILES string of the molecule is CN(C1CCCN(C(=O)OC(C)(C)C)C1)S(=O)(=O)Cc1ccc(Cl)cc1Cl. The fourth-order valence-electron chi connectivity index (χ4n) is 2.91. The van der Waals surface area contributed by atoms with Crippen LogP contribution in [-0.2, 0) is 20.5 Å². The minimum absolute atomic E-state index is 0.220. The molecule has 1 aromatic carbocycles. The molecule has 0 radical (unpaired) electrons. The van der Waals surface area contributed by atoms with Crippen molar-refractivity contribution < 1.29 is 17.9 Å². The summed E-state index contributed by atoms with van der Waals surface area (Å²) in [6.07, 6.45) is 0.980. The molecule has 1 aliphatic heterocycles. The first kappa shape index (κ1) is 22.3. The summed E-state index contributed by atoms with van der Waals surface area (Å²) < 4.78 is 32.4. The number of rotatable bonds is 4. The Morgan fingerprint density at radius 2 is 2.00 bits per heavy atom. The summed E-state index contributed by atoms with van der Waals surface area (Å²) in [6, 6.07) is 4.45. The number of benzene rings is 1. The summed E-state index contributed by atoms with van der Waals surface area (Å²) in [5.74, 6) is -0.220. The highest BCUT2D eigenvalue weighted by atomic mass is 35.5. The fraction of sp³-hybridized carbons (Fsp3) is 0.611. The van der Waals surface area contributed by atoms with Gasteiger partial charge in [0, 0.05) is 36.2 Å². The van der Waals surface area contributed by atoms with Crippen molar-refractivity contribution in [1.82, 2.24) is 9.21 Å². The van der Waals surface area contributed by atoms with Gasteiger partial charge in [-0.15, -0.1) is 0 Å². The molecule has 1 aliphatic rings. The molecule has 0 saturated carbocycles. The van der Waals surface area contributed by atoms with Gasteiger partial charge in [-0.1, -0.05) is 29.3 Å². The van der Waals surface area contributed by atoms with Crippen LogP contribution in [0.2, 0.25) is 10.0 Å². The monoisotopic (exact) mass is 436 g/mol. The van der Waals surface area contributed by atoms with E-state index in [-0.39, 0.29) is 11.8 Å². The molecule has 1 heterocycles. The van der Waals surface area contributed by atoms with E-state index in [0.717, 1.165) is 0 Å². The topological polar surface area (TPSA) is 66.9 Å². The number of carbonyl (C=O) groups excluding carboxylic acids is 1. The maximum Gasteiger partial charge on any atom is 0.410 e. The van der Waals surface area contributed by atoms with Crippen LogP contribution < -0.4 is 0 Å². The number of sulfonamides is 1. The van der Waals surface area contributed by atoms with Gasteiger partial charge in [0.05, 0.1) is 5.75 Å². The first-order chi connectivity index (χ1) is 12.4. The second-order valence-electron chi connectivity index (χ2n) is 7.73. The predicted octanol–water partition coefficient (Wildman–Crippen LogP) is 4.15. The lowest BCUT2D eigenvalue weighted by molar-refractivity contribution is 0.0163. The van der Waals surface area contributed by atoms with Crippen LogP contribution in [0.25, 0.3) is 0 Å². The first-order valence-electron chi connectivity index (χ1n) is 8.76. The zero-order valence-corrected chi connectivity index (χ0v) is 18.4. The Morgan fingerprint density at radius 1 is 1.33 bits per heavy atom. The molecule has 6 nitrogen and oxygen atoms in total. The van der Waals surface area contributed by atoms with E-state index in [4.69, 9.17) is 27.9 Å². The van der Waals surface area contributed by atoms with Crippen molar-refractivity contribution in [3.8, 4) is 0 Å². The molecule has 9 heteroatoms. The lowest BCUT2D eigenvalue weighted by Crippen LogP contribution is -2.51. The number of piperidine rings is 1. The Kier molecular flexibility index (Phi) is 7.06. The third-order valence-corrected chi connectivity index (χ3v) is 6.79. The summed E-state index contributed by atoms with van der Waals surface area (Å²) >= 11 is 12.0. The zero-order valence-electron chi connectivity index (χ0n) is 16.0. The lowest BCUT2D eigenvalue weighted by Gasteiger charge is -2.37. The van der Waals surface area contributed by atoms with Crippen LogP contribution in [0.1, 0.15) is 39.2 Å². The van der Waals surface area contributed by atoms with Crippen LogP contribution in [0, 0.1) is 0 Å². The molecule has 1 aromatic rings. The average Bonchev–Trinajstić information content (AvgIpc) is 2.55. The summed E-state index contributed by atoms with van der Waals surface area (Å²) in [6.45, 7) is 6.28. The van der Waals surface area contributed by atoms with Crippen molar-refractivity contribution in [2.75, 3.05) is 20.1 Å². The molecule has 1 unspecified atom stereocenters. The average molecular weight is 437 g/mol. The third kappa shape index (κ3) is 6.24. The lowest BCUT2D eigenvalue weighted by atomic mass is 10.1. The number of likely N-dealkylation sites (N-methyl/N-ethyl adjacent to an activating group) is 1. The highest BCUT2D eigenvalue weighted by Crippen LogP contribution is 2.26. The summed E-state index contributed by atoms with van der Waals surface area (Å²) in [5.41, 5.74) is -0.0967. The normalized spacial score (nSPS) is 18.6. The van der Waals surface area contributed by atoms with Crippen molar-refractivity contribution in [1.29, 1.82) is 0 Å². The second-order valence-corrected chi connectivity index (χ2v) is 10.6. The van der Waals surface area contributed by atoms with Gasteiger partial charge >= 0.3 is 6.09 Å². The molecule has 27 heavy (non-hydrogen) atoms. The van der Waals surface area contributed by atoms with Gasteiger partial charge in [-0.2, -0.15) is 4.31 Å². The van der Waals surface area contributed by atoms with Crippen LogP contribution in [0.4, 0.5) is 4.79 Å². The summed E-state index contributed by atoms with van der Waals surface area (Å²) in [4.78, 5) is 13.9. The number of hydrogen-bond acceptors (Lipinski definition) is 4. The smallest absolute Gasteiger partial charge is 0.410 e. The van der Waals surface area contributed by atoms with Crippen molar-refractivity contribution in [2.45, 2.75) is 51.0 Å². The number of halogens is 2. The number of hydrogen-bond donors (Lipinski definition) is 0. The van der Waals surface area contributed by atoms with Crippen LogP contribution in [-0.4, -0.2) is 55.5 Å². The molecular weight excluding hydrogens is 411 g/mol. The minimum atomic E-state index is -3.61. The number of ether oxygens (including phenoxy) is 1. The van der Waals surface area contributed by atoms with E-state index in [9.17, 15) is 13.2 Å². The Balaban J connectivity index is 2.08. The largest absolute Gasteiger partial charge is 0.444 e. The van der Waals surface area contributed by atoms with Crippen LogP contribution >= 0.6 is 23.2 Å². The second kappa shape index (κ2) is 8.55. The molecule has 0 bridgehead atoms. The van der Waals surface area contributed by atoms with Crippen molar-refractivity contribution >= 4 is 39.3 Å². The Labute approximate surface area is 171 Å². The number of likely N-dealkylation sites (tertiary alicyclic amines) is 1. The molecule has 1 fully saturated rings. The van der Waals surface area contributed by atoms with E-state index >= 15 is 0 Å². The van der Waals surface area contributed by atoms with Crippen molar-refractivity contribution in [3.63, 3.8) is 0 Å². The van der Waals surface area contributed by atoms with E-state index in [1.54, 1.807) is 44.9 Å². The molecule has 152 valence electrons. The summed E-state index contributed by atoms with van der Waals surface area (Å²) in [5, 5.41) is 0.772. The molecule has 1 atom stereocenters. The van der Waals surface area contributed by atoms with E-state index in [0.29, 0.717) is 41.5 Å². The highest BCUT2D eigenvalue weighted by molar-refractivity contribution is 7.88. The number of nitrogens with zero attached hydrogens (tertiary/aromatic N) is 2. The number of carbonyl (C=O) groups is 1. The van der Waals surface area contributed by atoms with Crippen LogP contribution in [0.5, 0.6) is 0 Å². The predicted molar refractivity (Wildman–Crippen MR) is 108 cm³/mol. The van der Waals surface area contributed by atoms with Crippen molar-refractivity contribution in [3.05, 3.63) is 33.8 Å². The molecule has 0 N–H and O–H groups in total. The maximum absolute atomic E-state index is 12.8. The van der Waals surface area contributed by atoms with Gasteiger partial charge in [0.2, 0.25) is 10.0 Å². The Morgan fingerprint density at radius 3 is 2.59 bits per heavy atom. The van der Waals surface area contributed by atoms with Gasteiger partial charge in [0.1, 0.15) is 5.60 Å². The van der Waals surface area contributed by atoms with E-state index in [1.807, 2.05) is 0 Å². The van der Waals surface area contributed by atoms with E-state index < -0.39 is 21.7 Å². The molecule has 1 amide bonds. The minimum Gasteiger partial charge on any atom is -0.444 e. The molecule has 1 saturated heterocycles. The van der Waals surface area contributed by atoms with E-state index in [1.165, 1.54) is 10.4 Å². The van der Waals surface area contributed by atoms with Gasteiger partial charge < -0.3 is 9.64 Å². The number of amides is 1. The maximum atomic E-state index is 12.8. The van der Waals surface area contributed by atoms with E-state index in [2.05, 4.69) is 0 Å². The Bertz CT molecular complexity index is 793. The third-order valence-electron chi connectivity index (χ3n) is 4.35. The fourth-order valence-corrected chi connectivity index (χ4v) is 4.94. The van der Waals surface area contributed by atoms with Gasteiger partial charge in [-0.05, 0) is 51.3 Å². The van der Waals surface area contributed by atoms with Gasteiger partial charge in [-0.3, -0.25) is 0 Å². The first-order valence-corrected chi connectivity index (χ1v) is 11.1. The van der Waals surface area contributed by atoms with Gasteiger partial charge in [0.25, 0.3) is 0 Å². The molecule has 0 spiro atoms. The van der Waals surface area contributed by atoms with Gasteiger partial charge in [-0.25, -0.2) is 13.2 Å². The molecular formula is C18H26Cl2N2O4S. The molecule has 0 aromatic heterocycles. The Hall–Kier alpha value is -1.02. The molecule has 2 rings (SSSR count). The molecule has 0 aliphatic carbocycles. The van der Waals surface area contributed by atoms with Crippen LogP contribution in [0.15, 0.2) is 18.2 Å². The standard InChI is InChI=1S/C18H26Cl2N2O4S/c1-18(2,3)26-17(23)22-9-5-6-15(11-22)21(4)27(24,25)12-13-7-8-14(19)10-16(13)20/h7-8,10,15H,5-6,9,11-12H2,1-4H3. The zero-order chi connectivity index (χ0) is 20.4. The van der Waals surface area contributed by atoms with Gasteiger partial charge in [0.15, 0.2) is 0 Å². The quantitative estimate of drug-likeness (QED) is 0.710. The highest BCUT2D eigenvalue weighted by Gasteiger charge is 2.34. The summed E-state index contributed by atoms with van der Waals surface area (Å²) in [7, 11) is -2.06. The van der Waals surface area contributed by atoms with Crippen molar-refractivity contribution in [2.24, 2.45) is 0 Å². The van der Waals surface area contributed by atoms with Crippen LogP contribution in [0.3, 0.4) is 0 Å².